The van der Waals surface area contributed by atoms with Crippen LogP contribution in [0.4, 0.5) is 0 Å². The molecule has 0 radical (unpaired) electrons. The fraction of sp³-hybridized carbons (Fsp3) is 1.00. The molecule has 68 valence electrons. The molecule has 1 fully saturated rings. The zero-order chi connectivity index (χ0) is 8.69. The first-order chi connectivity index (χ1) is 5.33. The van der Waals surface area contributed by atoms with E-state index in [1.807, 2.05) is 13.8 Å². The molecule has 2 unspecified atom stereocenters. The van der Waals surface area contributed by atoms with E-state index in [-0.39, 0.29) is 0 Å². The van der Waals surface area contributed by atoms with Crippen molar-refractivity contribution in [2.45, 2.75) is 65.6 Å². The summed E-state index contributed by atoms with van der Waals surface area (Å²) >= 11 is 0. The van der Waals surface area contributed by atoms with E-state index in [1.54, 1.807) is 0 Å². The molecule has 0 N–H and O–H groups in total. The molecule has 1 heteroatoms. The van der Waals surface area contributed by atoms with Gasteiger partial charge in [-0.25, -0.2) is 0 Å². The van der Waals surface area contributed by atoms with Crippen LogP contribution in [0, 0.1) is 0 Å². The Labute approximate surface area is 71.1 Å². The Bertz CT molecular complexity index is 74.9. The summed E-state index contributed by atoms with van der Waals surface area (Å²) in [6, 6.07) is 0. The third kappa shape index (κ3) is 4.41. The minimum atomic E-state index is 0.548. The zero-order valence-corrected chi connectivity index (χ0v) is 8.39. The Hall–Kier alpha value is -0.0400. The summed E-state index contributed by atoms with van der Waals surface area (Å²) in [6.45, 7) is 8.37. The van der Waals surface area contributed by atoms with Crippen molar-refractivity contribution in [3.05, 3.63) is 0 Å². The smallest absolute Gasteiger partial charge is 0.0603 e. The van der Waals surface area contributed by atoms with Crippen LogP contribution in [0.25, 0.3) is 0 Å². The predicted octanol–water partition coefficient (Wildman–Crippen LogP) is 3.38. The fourth-order valence-corrected chi connectivity index (χ4v) is 1.31. The molecule has 0 saturated carbocycles. The fourth-order valence-electron chi connectivity index (χ4n) is 1.31. The number of hydrogen-bond acceptors (Lipinski definition) is 1. The van der Waals surface area contributed by atoms with Crippen LogP contribution < -0.4 is 0 Å². The summed E-state index contributed by atoms with van der Waals surface area (Å²) in [4.78, 5) is 0. The van der Waals surface area contributed by atoms with Gasteiger partial charge in [0.2, 0.25) is 0 Å². The molecule has 0 aromatic carbocycles. The first-order valence-electron chi connectivity index (χ1n) is 4.98. The minimum absolute atomic E-state index is 0.548. The van der Waals surface area contributed by atoms with Gasteiger partial charge in [0.05, 0.1) is 12.2 Å². The molecular weight excluding hydrogens is 136 g/mol. The lowest BCUT2D eigenvalue weighted by molar-refractivity contribution is -0.117. The molecule has 0 amide bonds. The molecule has 1 aliphatic rings. The molecule has 2 atom stereocenters. The van der Waals surface area contributed by atoms with E-state index in [9.17, 15) is 0 Å². The maximum Gasteiger partial charge on any atom is 0.0603 e. The van der Waals surface area contributed by atoms with Gasteiger partial charge in [-0.2, -0.15) is 0 Å². The average Bonchev–Trinajstić information content (AvgIpc) is 2.00. The lowest BCUT2D eigenvalue weighted by atomic mass is 10.0. The van der Waals surface area contributed by atoms with Crippen molar-refractivity contribution in [3.63, 3.8) is 0 Å². The highest BCUT2D eigenvalue weighted by molar-refractivity contribution is 4.73. The van der Waals surface area contributed by atoms with Crippen molar-refractivity contribution in [2.75, 3.05) is 0 Å². The van der Waals surface area contributed by atoms with E-state index in [1.165, 1.54) is 25.7 Å². The molecule has 1 heterocycles. The van der Waals surface area contributed by atoms with Crippen LogP contribution in [0.2, 0.25) is 0 Å². The first-order valence-corrected chi connectivity index (χ1v) is 4.98. The van der Waals surface area contributed by atoms with E-state index in [4.69, 9.17) is 4.74 Å². The normalized spacial score (nSPS) is 28.4. The van der Waals surface area contributed by atoms with Crippen LogP contribution in [0.1, 0.15) is 53.4 Å². The van der Waals surface area contributed by atoms with Crippen LogP contribution in [-0.2, 0) is 4.74 Å². The van der Waals surface area contributed by atoms with Gasteiger partial charge >= 0.3 is 0 Å². The Kier molecular flexibility index (Phi) is 6.63. The zero-order valence-electron chi connectivity index (χ0n) is 8.39. The topological polar surface area (TPSA) is 9.23 Å². The van der Waals surface area contributed by atoms with Crippen molar-refractivity contribution in [1.82, 2.24) is 0 Å². The van der Waals surface area contributed by atoms with Crippen LogP contribution in [-0.4, -0.2) is 12.2 Å². The lowest BCUT2D eigenvalue weighted by Gasteiger charge is -2.33. The maximum atomic E-state index is 5.44. The van der Waals surface area contributed by atoms with Crippen LogP contribution in [0.5, 0.6) is 0 Å². The Morgan fingerprint density at radius 3 is 2.27 bits per heavy atom. The number of rotatable bonds is 3. The second kappa shape index (κ2) is 6.66. The van der Waals surface area contributed by atoms with E-state index < -0.39 is 0 Å². The van der Waals surface area contributed by atoms with Crippen molar-refractivity contribution in [2.24, 2.45) is 0 Å². The molecule has 1 aliphatic heterocycles. The summed E-state index contributed by atoms with van der Waals surface area (Å²) in [5.41, 5.74) is 0. The van der Waals surface area contributed by atoms with E-state index in [0.717, 1.165) is 0 Å². The first kappa shape index (κ1) is 11.0. The monoisotopic (exact) mass is 158 g/mol. The van der Waals surface area contributed by atoms with E-state index >= 15 is 0 Å². The summed E-state index contributed by atoms with van der Waals surface area (Å²) in [5, 5.41) is 0. The molecule has 1 nitrogen and oxygen atoms in total. The molecule has 1 saturated heterocycles. The van der Waals surface area contributed by atoms with Gasteiger partial charge in [0, 0.05) is 0 Å². The largest absolute Gasteiger partial charge is 0.375 e. The second-order valence-corrected chi connectivity index (χ2v) is 2.95. The van der Waals surface area contributed by atoms with E-state index in [0.29, 0.717) is 12.2 Å². The number of unbranched alkanes of at least 4 members (excludes halogenated alkanes) is 1. The Morgan fingerprint density at radius 2 is 1.91 bits per heavy atom. The van der Waals surface area contributed by atoms with Gasteiger partial charge in [-0.05, 0) is 19.8 Å². The molecule has 0 spiro atoms. The van der Waals surface area contributed by atoms with Crippen molar-refractivity contribution < 1.29 is 4.74 Å². The van der Waals surface area contributed by atoms with Crippen LogP contribution in [0.3, 0.4) is 0 Å². The second-order valence-electron chi connectivity index (χ2n) is 2.95. The maximum absolute atomic E-state index is 5.44. The molecule has 1 rings (SSSR count). The molecule has 11 heavy (non-hydrogen) atoms. The Balaban J connectivity index is 0.000000461. The van der Waals surface area contributed by atoms with Crippen molar-refractivity contribution in [3.8, 4) is 0 Å². The number of ether oxygens (including phenoxy) is 1. The SMILES string of the molecule is CC.CCCCC1CC(C)O1. The quantitative estimate of drug-likeness (QED) is 0.612. The van der Waals surface area contributed by atoms with Crippen molar-refractivity contribution in [1.29, 1.82) is 0 Å². The van der Waals surface area contributed by atoms with Gasteiger partial charge < -0.3 is 4.74 Å². The highest BCUT2D eigenvalue weighted by Gasteiger charge is 2.24. The summed E-state index contributed by atoms with van der Waals surface area (Å²) in [6.07, 6.45) is 6.36. The van der Waals surface area contributed by atoms with Gasteiger partial charge in [-0.1, -0.05) is 33.6 Å². The summed E-state index contributed by atoms with van der Waals surface area (Å²) in [7, 11) is 0. The summed E-state index contributed by atoms with van der Waals surface area (Å²) in [5.74, 6) is 0. The van der Waals surface area contributed by atoms with Crippen LogP contribution >= 0.6 is 0 Å². The standard InChI is InChI=1S/C8H16O.C2H6/c1-3-4-5-8-6-7(2)9-8;1-2/h7-8H,3-6H2,1-2H3;1-2H3. The van der Waals surface area contributed by atoms with Gasteiger partial charge in [-0.3, -0.25) is 0 Å². The highest BCUT2D eigenvalue weighted by Crippen LogP contribution is 2.23. The lowest BCUT2D eigenvalue weighted by Crippen LogP contribution is -2.34. The number of hydrogen-bond donors (Lipinski definition) is 0. The molecule has 0 aromatic heterocycles. The van der Waals surface area contributed by atoms with Gasteiger partial charge in [0.1, 0.15) is 0 Å². The predicted molar refractivity (Wildman–Crippen MR) is 49.8 cm³/mol. The summed E-state index contributed by atoms with van der Waals surface area (Å²) < 4.78 is 5.44. The average molecular weight is 158 g/mol. The van der Waals surface area contributed by atoms with Gasteiger partial charge in [0.15, 0.2) is 0 Å². The van der Waals surface area contributed by atoms with Crippen LogP contribution in [0.15, 0.2) is 0 Å². The molecule has 0 aromatic rings. The third-order valence-electron chi connectivity index (χ3n) is 1.90. The Morgan fingerprint density at radius 1 is 1.36 bits per heavy atom. The van der Waals surface area contributed by atoms with Gasteiger partial charge in [-0.15, -0.1) is 0 Å². The van der Waals surface area contributed by atoms with E-state index in [2.05, 4.69) is 13.8 Å². The molecule has 0 aliphatic carbocycles. The minimum Gasteiger partial charge on any atom is -0.375 e. The molecular formula is C10H22O. The third-order valence-corrected chi connectivity index (χ3v) is 1.90. The van der Waals surface area contributed by atoms with Gasteiger partial charge in [0.25, 0.3) is 0 Å². The molecule has 0 bridgehead atoms. The van der Waals surface area contributed by atoms with Crippen molar-refractivity contribution >= 4 is 0 Å². The highest BCUT2D eigenvalue weighted by atomic mass is 16.5.